The van der Waals surface area contributed by atoms with Crippen molar-refractivity contribution in [3.8, 4) is 11.5 Å². The molecule has 0 unspecified atom stereocenters. The van der Waals surface area contributed by atoms with Gasteiger partial charge in [-0.15, -0.1) is 10.2 Å². The normalized spacial score (nSPS) is 14.6. The molecule has 0 aromatic carbocycles. The zero-order chi connectivity index (χ0) is 17.2. The monoisotopic (exact) mass is 464 g/mol. The summed E-state index contributed by atoms with van der Waals surface area (Å²) in [5.74, 6) is -0.739. The number of piperidine rings is 1. The van der Waals surface area contributed by atoms with Crippen LogP contribution in [-0.4, -0.2) is 41.9 Å². The SMILES string of the molecule is O=S(=O)(Nc1ccc(-c2nnc(C(F)F)o2)cn1)C1CCNCC1.[Cl-].[Cl-].[Cl-]. The third-order valence-corrected chi connectivity index (χ3v) is 5.45. The second kappa shape index (κ2) is 10.9. The van der Waals surface area contributed by atoms with Crippen molar-refractivity contribution < 1.29 is 58.8 Å². The standard InChI is InChI=1S/C13H15F2N5O3S.3ClH/c14-11(15)13-19-18-12(23-13)8-1-2-10(17-7-8)20-24(21,22)9-3-5-16-6-4-9;;;/h1-2,7,9,11,16H,3-6H2,(H,17,20);3*1H/p-3. The van der Waals surface area contributed by atoms with Gasteiger partial charge >= 0.3 is 6.43 Å². The van der Waals surface area contributed by atoms with E-state index in [1.807, 2.05) is 0 Å². The van der Waals surface area contributed by atoms with Gasteiger partial charge in [0.25, 0.3) is 5.89 Å². The molecule has 1 aliphatic heterocycles. The molecule has 1 fully saturated rings. The molecule has 8 nitrogen and oxygen atoms in total. The van der Waals surface area contributed by atoms with Gasteiger partial charge in [-0.3, -0.25) is 4.72 Å². The molecule has 0 atom stereocenters. The van der Waals surface area contributed by atoms with E-state index in [-0.39, 0.29) is 48.9 Å². The highest BCUT2D eigenvalue weighted by atomic mass is 35.5. The van der Waals surface area contributed by atoms with E-state index in [9.17, 15) is 17.2 Å². The number of hydrogen-bond acceptors (Lipinski definition) is 7. The van der Waals surface area contributed by atoms with Crippen LogP contribution >= 0.6 is 0 Å². The van der Waals surface area contributed by atoms with Gasteiger partial charge in [0.2, 0.25) is 15.9 Å². The number of alkyl halides is 2. The van der Waals surface area contributed by atoms with Gasteiger partial charge in [-0.25, -0.2) is 13.4 Å². The van der Waals surface area contributed by atoms with Crippen LogP contribution in [0.5, 0.6) is 0 Å². The summed E-state index contributed by atoms with van der Waals surface area (Å²) in [5, 5.41) is 9.36. The van der Waals surface area contributed by atoms with Crippen molar-refractivity contribution in [3.63, 3.8) is 0 Å². The predicted octanol–water partition coefficient (Wildman–Crippen LogP) is -7.43. The van der Waals surface area contributed by atoms with Gasteiger partial charge in [-0.2, -0.15) is 8.78 Å². The van der Waals surface area contributed by atoms with Crippen molar-refractivity contribution in [2.45, 2.75) is 24.5 Å². The zero-order valence-electron chi connectivity index (χ0n) is 13.6. The Morgan fingerprint density at radius 1 is 1.15 bits per heavy atom. The van der Waals surface area contributed by atoms with E-state index in [2.05, 4.69) is 25.2 Å². The average Bonchev–Trinajstić information content (AvgIpc) is 3.06. The van der Waals surface area contributed by atoms with E-state index in [1.165, 1.54) is 18.3 Å². The quantitative estimate of drug-likeness (QED) is 0.451. The van der Waals surface area contributed by atoms with E-state index in [0.29, 0.717) is 31.5 Å². The minimum absolute atomic E-state index is 0. The number of rotatable bonds is 5. The molecule has 0 amide bonds. The van der Waals surface area contributed by atoms with Crippen LogP contribution in [0.1, 0.15) is 25.2 Å². The van der Waals surface area contributed by atoms with Crippen LogP contribution < -0.4 is 47.3 Å². The zero-order valence-corrected chi connectivity index (χ0v) is 16.7. The molecule has 0 spiro atoms. The van der Waals surface area contributed by atoms with Gasteiger partial charge < -0.3 is 47.0 Å². The maximum Gasteiger partial charge on any atom is 0.314 e. The van der Waals surface area contributed by atoms with E-state index in [0.717, 1.165) is 0 Å². The summed E-state index contributed by atoms with van der Waals surface area (Å²) in [6, 6.07) is 2.89. The topological polar surface area (TPSA) is 110 Å². The number of sulfonamides is 1. The van der Waals surface area contributed by atoms with Crippen molar-refractivity contribution in [2.75, 3.05) is 17.8 Å². The molecule has 0 radical (unpaired) electrons. The van der Waals surface area contributed by atoms with Gasteiger partial charge in [0, 0.05) is 6.20 Å². The maximum absolute atomic E-state index is 12.4. The Labute approximate surface area is 173 Å². The van der Waals surface area contributed by atoms with Crippen LogP contribution in [0.2, 0.25) is 0 Å². The lowest BCUT2D eigenvalue weighted by Crippen LogP contribution is -3.00. The second-order valence-corrected chi connectivity index (χ2v) is 7.24. The second-order valence-electron chi connectivity index (χ2n) is 5.27. The van der Waals surface area contributed by atoms with E-state index in [1.54, 1.807) is 0 Å². The van der Waals surface area contributed by atoms with Gasteiger partial charge in [-0.1, -0.05) is 0 Å². The van der Waals surface area contributed by atoms with Crippen LogP contribution in [0.3, 0.4) is 0 Å². The highest BCUT2D eigenvalue weighted by Crippen LogP contribution is 2.24. The van der Waals surface area contributed by atoms with Crippen molar-refractivity contribution in [2.24, 2.45) is 0 Å². The van der Waals surface area contributed by atoms with Gasteiger partial charge in [0.1, 0.15) is 5.82 Å². The molecule has 2 aromatic rings. The Morgan fingerprint density at radius 2 is 1.81 bits per heavy atom. The minimum atomic E-state index is -3.52. The number of aromatic nitrogens is 3. The van der Waals surface area contributed by atoms with Crippen molar-refractivity contribution >= 4 is 15.8 Å². The highest BCUT2D eigenvalue weighted by molar-refractivity contribution is 7.93. The van der Waals surface area contributed by atoms with Crippen LogP contribution in [-0.2, 0) is 10.0 Å². The fourth-order valence-corrected chi connectivity index (χ4v) is 3.79. The third kappa shape index (κ3) is 6.39. The molecule has 0 saturated carbocycles. The van der Waals surface area contributed by atoms with E-state index in [4.69, 9.17) is 4.42 Å². The Morgan fingerprint density at radius 3 is 2.33 bits per heavy atom. The number of nitrogens with one attached hydrogen (secondary N) is 2. The summed E-state index contributed by atoms with van der Waals surface area (Å²) < 4.78 is 56.7. The average molecular weight is 466 g/mol. The first-order chi connectivity index (χ1) is 11.5. The molecular weight excluding hydrogens is 451 g/mol. The molecule has 154 valence electrons. The van der Waals surface area contributed by atoms with Crippen LogP contribution in [0.25, 0.3) is 11.5 Å². The van der Waals surface area contributed by atoms with Gasteiger partial charge in [0.05, 0.1) is 10.8 Å². The molecule has 27 heavy (non-hydrogen) atoms. The smallest absolute Gasteiger partial charge is 0.314 e. The number of halogens is 5. The summed E-state index contributed by atoms with van der Waals surface area (Å²) in [5.41, 5.74) is 0.319. The lowest BCUT2D eigenvalue weighted by atomic mass is 10.2. The molecule has 3 heterocycles. The van der Waals surface area contributed by atoms with Gasteiger partial charge in [0.15, 0.2) is 0 Å². The molecule has 3 rings (SSSR count). The lowest BCUT2D eigenvalue weighted by Gasteiger charge is -2.22. The number of anilines is 1. The first kappa shape index (κ1) is 25.7. The summed E-state index contributed by atoms with van der Waals surface area (Å²) in [6.07, 6.45) is -0.504. The van der Waals surface area contributed by atoms with Crippen molar-refractivity contribution in [1.29, 1.82) is 0 Å². The number of nitrogens with zero attached hydrogens (tertiary/aromatic N) is 3. The molecule has 0 aliphatic carbocycles. The van der Waals surface area contributed by atoms with Crippen LogP contribution in [0.15, 0.2) is 22.7 Å². The lowest BCUT2D eigenvalue weighted by molar-refractivity contribution is -0.00100. The van der Waals surface area contributed by atoms with E-state index < -0.39 is 27.6 Å². The fourth-order valence-electron chi connectivity index (χ4n) is 2.35. The Kier molecular flexibility index (Phi) is 10.4. The summed E-state index contributed by atoms with van der Waals surface area (Å²) in [4.78, 5) is 3.97. The molecule has 2 N–H and O–H groups in total. The molecule has 1 aliphatic rings. The fraction of sp³-hybridized carbons (Fsp3) is 0.462. The van der Waals surface area contributed by atoms with E-state index >= 15 is 0 Å². The largest absolute Gasteiger partial charge is 1.00 e. The van der Waals surface area contributed by atoms with Gasteiger partial charge in [-0.05, 0) is 38.1 Å². The third-order valence-electron chi connectivity index (χ3n) is 3.61. The maximum atomic E-state index is 12.4. The summed E-state index contributed by atoms with van der Waals surface area (Å²) >= 11 is 0. The summed E-state index contributed by atoms with van der Waals surface area (Å²) in [6.45, 7) is 1.31. The minimum Gasteiger partial charge on any atom is -1.00 e. The molecule has 0 bridgehead atoms. The van der Waals surface area contributed by atoms with Crippen LogP contribution in [0, 0.1) is 0 Å². The first-order valence-electron chi connectivity index (χ1n) is 7.26. The molecular formula is C13H15Cl3F2N5O3S-3. The number of hydrogen-bond donors (Lipinski definition) is 2. The Hall–Kier alpha value is -1.27. The molecule has 2 aromatic heterocycles. The van der Waals surface area contributed by atoms with Crippen LogP contribution in [0.4, 0.5) is 14.6 Å². The molecule has 14 heteroatoms. The molecule has 1 saturated heterocycles. The highest BCUT2D eigenvalue weighted by Gasteiger charge is 2.27. The summed E-state index contributed by atoms with van der Waals surface area (Å²) in [7, 11) is -3.52. The number of pyridine rings is 1. The first-order valence-corrected chi connectivity index (χ1v) is 8.80. The predicted molar refractivity (Wildman–Crippen MR) is 80.9 cm³/mol. The Bertz CT molecular complexity index is 802. The van der Waals surface area contributed by atoms with Crippen molar-refractivity contribution in [3.05, 3.63) is 24.2 Å². The van der Waals surface area contributed by atoms with Crippen molar-refractivity contribution in [1.82, 2.24) is 20.5 Å². The Balaban J connectivity index is 0.00000225.